The zero-order valence-electron chi connectivity index (χ0n) is 9.52. The van der Waals surface area contributed by atoms with E-state index < -0.39 is 36.7 Å². The van der Waals surface area contributed by atoms with Gasteiger partial charge in [0.05, 0.1) is 0 Å². The predicted octanol–water partition coefficient (Wildman–Crippen LogP) is 4.04. The van der Waals surface area contributed by atoms with Gasteiger partial charge >= 0.3 is 6.18 Å². The molecule has 1 rings (SSSR count). The third-order valence-corrected chi connectivity index (χ3v) is 2.44. The van der Waals surface area contributed by atoms with E-state index >= 15 is 0 Å². The second-order valence-corrected chi connectivity index (χ2v) is 3.86. The van der Waals surface area contributed by atoms with Crippen molar-refractivity contribution in [2.24, 2.45) is 5.73 Å². The van der Waals surface area contributed by atoms with Crippen molar-refractivity contribution in [3.8, 4) is 0 Å². The molecule has 0 aromatic heterocycles. The first kappa shape index (κ1) is 17.1. The largest absolute Gasteiger partial charge is 0.389 e. The summed E-state index contributed by atoms with van der Waals surface area (Å²) in [6.07, 6.45) is -5.94. The summed E-state index contributed by atoms with van der Waals surface area (Å²) in [6, 6.07) is 1.35. The topological polar surface area (TPSA) is 26.0 Å². The van der Waals surface area contributed by atoms with Gasteiger partial charge in [0.25, 0.3) is 0 Å². The SMILES string of the molecule is Cc1ccc([C@@H](N)CCC(F)(F)F)c(F)c1F.Cl. The Balaban J connectivity index is 0.00000289. The fraction of sp³-hybridized carbons (Fsp3) is 0.455. The Bertz CT molecular complexity index is 405. The maximum absolute atomic E-state index is 13.4. The molecular weight excluding hydrogens is 277 g/mol. The lowest BCUT2D eigenvalue weighted by molar-refractivity contribution is -0.136. The molecule has 104 valence electrons. The monoisotopic (exact) mass is 289 g/mol. The maximum atomic E-state index is 13.4. The number of nitrogens with two attached hydrogens (primary N) is 1. The molecule has 1 atom stereocenters. The van der Waals surface area contributed by atoms with Crippen LogP contribution in [0.3, 0.4) is 0 Å². The van der Waals surface area contributed by atoms with Crippen molar-refractivity contribution in [1.82, 2.24) is 0 Å². The Hall–Kier alpha value is -0.880. The van der Waals surface area contributed by atoms with Gasteiger partial charge < -0.3 is 5.73 Å². The van der Waals surface area contributed by atoms with Crippen molar-refractivity contribution in [3.63, 3.8) is 0 Å². The van der Waals surface area contributed by atoms with Gasteiger partial charge in [0.2, 0.25) is 0 Å². The molecule has 0 radical (unpaired) electrons. The van der Waals surface area contributed by atoms with Crippen molar-refractivity contribution in [2.75, 3.05) is 0 Å². The molecule has 0 saturated carbocycles. The molecule has 1 nitrogen and oxygen atoms in total. The van der Waals surface area contributed by atoms with Gasteiger partial charge in [-0.3, -0.25) is 0 Å². The Kier molecular flexibility index (Phi) is 6.02. The van der Waals surface area contributed by atoms with E-state index in [2.05, 4.69) is 0 Å². The van der Waals surface area contributed by atoms with E-state index in [0.29, 0.717) is 0 Å². The minimum absolute atomic E-state index is 0. The van der Waals surface area contributed by atoms with Crippen LogP contribution in [0.15, 0.2) is 12.1 Å². The highest BCUT2D eigenvalue weighted by atomic mass is 35.5. The van der Waals surface area contributed by atoms with E-state index in [0.717, 1.165) is 0 Å². The number of hydrogen-bond acceptors (Lipinski definition) is 1. The van der Waals surface area contributed by atoms with Crippen LogP contribution in [0.4, 0.5) is 22.0 Å². The highest BCUT2D eigenvalue weighted by Gasteiger charge is 2.28. The highest BCUT2D eigenvalue weighted by Crippen LogP contribution is 2.28. The van der Waals surface area contributed by atoms with Crippen LogP contribution in [0.5, 0.6) is 0 Å². The molecule has 7 heteroatoms. The molecule has 1 aromatic carbocycles. The lowest BCUT2D eigenvalue weighted by Crippen LogP contribution is -2.17. The summed E-state index contributed by atoms with van der Waals surface area (Å²) in [5, 5.41) is 0. The lowest BCUT2D eigenvalue weighted by atomic mass is 10.0. The Morgan fingerprint density at radius 3 is 2.22 bits per heavy atom. The molecule has 2 N–H and O–H groups in total. The molecule has 0 aliphatic heterocycles. The maximum Gasteiger partial charge on any atom is 0.389 e. The summed E-state index contributed by atoms with van der Waals surface area (Å²) >= 11 is 0. The first-order chi connectivity index (χ1) is 7.72. The average molecular weight is 290 g/mol. The van der Waals surface area contributed by atoms with Gasteiger partial charge in [-0.1, -0.05) is 12.1 Å². The molecule has 0 aliphatic carbocycles. The summed E-state index contributed by atoms with van der Waals surface area (Å²) in [6.45, 7) is 1.36. The van der Waals surface area contributed by atoms with Gasteiger partial charge in [-0.2, -0.15) is 13.2 Å². The van der Waals surface area contributed by atoms with Crippen LogP contribution in [0.1, 0.15) is 30.0 Å². The molecule has 0 fully saturated rings. The second kappa shape index (κ2) is 6.33. The van der Waals surface area contributed by atoms with Crippen LogP contribution in [0.25, 0.3) is 0 Å². The summed E-state index contributed by atoms with van der Waals surface area (Å²) in [5.41, 5.74) is 5.28. The number of aryl methyl sites for hydroxylation is 1. The molecule has 0 heterocycles. The lowest BCUT2D eigenvalue weighted by Gasteiger charge is -2.15. The van der Waals surface area contributed by atoms with Crippen LogP contribution in [-0.4, -0.2) is 6.18 Å². The third-order valence-electron chi connectivity index (χ3n) is 2.44. The zero-order valence-corrected chi connectivity index (χ0v) is 10.3. The van der Waals surface area contributed by atoms with Gasteiger partial charge in [0.1, 0.15) is 0 Å². The van der Waals surface area contributed by atoms with Crippen molar-refractivity contribution in [1.29, 1.82) is 0 Å². The zero-order chi connectivity index (χ0) is 13.2. The Morgan fingerprint density at radius 1 is 1.17 bits per heavy atom. The minimum Gasteiger partial charge on any atom is -0.324 e. The van der Waals surface area contributed by atoms with Crippen molar-refractivity contribution < 1.29 is 22.0 Å². The van der Waals surface area contributed by atoms with Gasteiger partial charge in [-0.25, -0.2) is 8.78 Å². The normalized spacial score (nSPS) is 13.1. The van der Waals surface area contributed by atoms with Crippen LogP contribution in [0.2, 0.25) is 0 Å². The van der Waals surface area contributed by atoms with E-state index in [1.807, 2.05) is 0 Å². The Morgan fingerprint density at radius 2 is 1.72 bits per heavy atom. The van der Waals surface area contributed by atoms with Crippen LogP contribution in [0, 0.1) is 18.6 Å². The van der Waals surface area contributed by atoms with Crippen molar-refractivity contribution >= 4 is 12.4 Å². The quantitative estimate of drug-likeness (QED) is 0.835. The number of hydrogen-bond donors (Lipinski definition) is 1. The smallest absolute Gasteiger partial charge is 0.324 e. The van der Waals surface area contributed by atoms with Gasteiger partial charge in [-0.05, 0) is 18.9 Å². The van der Waals surface area contributed by atoms with Crippen LogP contribution >= 0.6 is 12.4 Å². The van der Waals surface area contributed by atoms with E-state index in [4.69, 9.17) is 5.73 Å². The molecule has 0 aliphatic rings. The summed E-state index contributed by atoms with van der Waals surface area (Å²) in [4.78, 5) is 0. The molecule has 0 saturated heterocycles. The van der Waals surface area contributed by atoms with Crippen LogP contribution < -0.4 is 5.73 Å². The fourth-order valence-corrected chi connectivity index (χ4v) is 1.42. The Labute approximate surface area is 108 Å². The van der Waals surface area contributed by atoms with Gasteiger partial charge in [0.15, 0.2) is 11.6 Å². The molecule has 0 amide bonds. The molecule has 0 unspecified atom stereocenters. The number of alkyl halides is 3. The first-order valence-electron chi connectivity index (χ1n) is 4.99. The summed E-state index contributed by atoms with van der Waals surface area (Å²) < 4.78 is 62.4. The van der Waals surface area contributed by atoms with Crippen molar-refractivity contribution in [2.45, 2.75) is 32.0 Å². The summed E-state index contributed by atoms with van der Waals surface area (Å²) in [7, 11) is 0. The molecular formula is C11H13ClF5N. The van der Waals surface area contributed by atoms with E-state index in [9.17, 15) is 22.0 Å². The van der Waals surface area contributed by atoms with Gasteiger partial charge in [0, 0.05) is 18.0 Å². The molecule has 1 aromatic rings. The predicted molar refractivity (Wildman–Crippen MR) is 60.6 cm³/mol. The van der Waals surface area contributed by atoms with Gasteiger partial charge in [-0.15, -0.1) is 12.4 Å². The standard InChI is InChI=1S/C11H12F5N.ClH/c1-6-2-3-7(10(13)9(6)12)8(17)4-5-11(14,15)16;/h2-3,8H,4-5,17H2,1H3;1H/t8-;/m0./s1. The highest BCUT2D eigenvalue weighted by molar-refractivity contribution is 5.85. The van der Waals surface area contributed by atoms with E-state index in [-0.39, 0.29) is 23.5 Å². The molecule has 0 spiro atoms. The van der Waals surface area contributed by atoms with Crippen molar-refractivity contribution in [3.05, 3.63) is 34.9 Å². The minimum atomic E-state index is -4.35. The fourth-order valence-electron chi connectivity index (χ4n) is 1.42. The van der Waals surface area contributed by atoms with E-state index in [1.54, 1.807) is 0 Å². The molecule has 18 heavy (non-hydrogen) atoms. The molecule has 0 bridgehead atoms. The second-order valence-electron chi connectivity index (χ2n) is 3.86. The van der Waals surface area contributed by atoms with E-state index in [1.165, 1.54) is 19.1 Å². The third kappa shape index (κ3) is 4.42. The van der Waals surface area contributed by atoms with Crippen LogP contribution in [-0.2, 0) is 0 Å². The number of rotatable bonds is 3. The number of benzene rings is 1. The number of halogens is 6. The average Bonchev–Trinajstić information content (AvgIpc) is 2.22. The summed E-state index contributed by atoms with van der Waals surface area (Å²) in [5.74, 6) is -2.23. The first-order valence-corrected chi connectivity index (χ1v) is 4.99.